The van der Waals surface area contributed by atoms with Crippen molar-refractivity contribution in [2.45, 2.75) is 13.0 Å². The molecule has 0 spiro atoms. The largest absolute Gasteiger partial charge is 0.488 e. The van der Waals surface area contributed by atoms with E-state index in [0.29, 0.717) is 5.75 Å². The Morgan fingerprint density at radius 2 is 1.92 bits per heavy atom. The number of hydrogen-bond donors (Lipinski definition) is 1. The first-order chi connectivity index (χ1) is 12.5. The summed E-state index contributed by atoms with van der Waals surface area (Å²) in [5.41, 5.74) is 0.279. The Balaban J connectivity index is 1.99. The molecule has 0 aliphatic carbocycles. The highest BCUT2D eigenvalue weighted by Crippen LogP contribution is 2.39. The van der Waals surface area contributed by atoms with Gasteiger partial charge in [-0.2, -0.15) is 0 Å². The van der Waals surface area contributed by atoms with E-state index in [9.17, 15) is 9.90 Å². The Morgan fingerprint density at radius 3 is 2.65 bits per heavy atom. The van der Waals surface area contributed by atoms with E-state index in [1.54, 1.807) is 6.92 Å². The summed E-state index contributed by atoms with van der Waals surface area (Å²) in [4.78, 5) is 11.7. The number of ether oxygens (including phenoxy) is 2. The first-order valence-electron chi connectivity index (χ1n) is 8.21. The van der Waals surface area contributed by atoms with Gasteiger partial charge < -0.3 is 14.6 Å². The number of hydrogen-bond acceptors (Lipinski definition) is 4. The van der Waals surface area contributed by atoms with Gasteiger partial charge in [-0.05, 0) is 29.8 Å². The van der Waals surface area contributed by atoms with Crippen LogP contribution in [0.3, 0.4) is 0 Å². The minimum atomic E-state index is -0.768. The molecule has 5 heteroatoms. The molecule has 0 fully saturated rings. The molecule has 0 radical (unpaired) electrons. The lowest BCUT2D eigenvalue weighted by Gasteiger charge is -2.19. The topological polar surface area (TPSA) is 55.8 Å². The van der Waals surface area contributed by atoms with Gasteiger partial charge in [-0.25, -0.2) is 4.79 Å². The molecule has 0 saturated carbocycles. The molecule has 0 aliphatic heterocycles. The number of esters is 1. The lowest BCUT2D eigenvalue weighted by molar-refractivity contribution is -0.147. The quantitative estimate of drug-likeness (QED) is 0.363. The van der Waals surface area contributed by atoms with Crippen LogP contribution >= 0.6 is 15.9 Å². The van der Waals surface area contributed by atoms with Gasteiger partial charge in [0.1, 0.15) is 12.4 Å². The van der Waals surface area contributed by atoms with Crippen molar-refractivity contribution in [2.24, 2.45) is 0 Å². The molecule has 3 aromatic rings. The van der Waals surface area contributed by atoms with Crippen molar-refractivity contribution < 1.29 is 19.4 Å². The summed E-state index contributed by atoms with van der Waals surface area (Å²) in [7, 11) is 0. The van der Waals surface area contributed by atoms with Crippen LogP contribution in [-0.4, -0.2) is 30.4 Å². The molecule has 0 bridgehead atoms. The maximum atomic E-state index is 11.7. The second-order valence-electron chi connectivity index (χ2n) is 6.07. The molecule has 1 unspecified atom stereocenters. The molecule has 1 N–H and O–H groups in total. The second-order valence-corrected chi connectivity index (χ2v) is 6.92. The van der Waals surface area contributed by atoms with Gasteiger partial charge in [-0.3, -0.25) is 0 Å². The normalized spacial score (nSPS) is 12.1. The Kier molecular flexibility index (Phi) is 5.59. The highest BCUT2D eigenvalue weighted by molar-refractivity contribution is 9.10. The molecule has 0 amide bonds. The van der Waals surface area contributed by atoms with Crippen LogP contribution in [0, 0.1) is 0 Å². The van der Waals surface area contributed by atoms with Crippen molar-refractivity contribution in [3.05, 3.63) is 65.2 Å². The van der Waals surface area contributed by atoms with E-state index in [1.807, 2.05) is 42.5 Å². The van der Waals surface area contributed by atoms with Gasteiger partial charge in [0.2, 0.25) is 0 Å². The predicted molar refractivity (Wildman–Crippen MR) is 106 cm³/mol. The van der Waals surface area contributed by atoms with Crippen LogP contribution in [0.2, 0.25) is 0 Å². The Hall–Kier alpha value is -2.37. The van der Waals surface area contributed by atoms with Crippen molar-refractivity contribution in [3.63, 3.8) is 0 Å². The van der Waals surface area contributed by atoms with Gasteiger partial charge in [0.05, 0.1) is 6.61 Å². The number of benzene rings is 3. The van der Waals surface area contributed by atoms with Gasteiger partial charge in [0.25, 0.3) is 0 Å². The van der Waals surface area contributed by atoms with Gasteiger partial charge in [-0.15, -0.1) is 0 Å². The van der Waals surface area contributed by atoms with E-state index in [-0.39, 0.29) is 18.8 Å². The zero-order chi connectivity index (χ0) is 18.7. The molecular weight excluding hydrogens is 396 g/mol. The van der Waals surface area contributed by atoms with E-state index in [1.165, 1.54) is 0 Å². The smallest absolute Gasteiger partial charge is 0.333 e. The van der Waals surface area contributed by atoms with Crippen molar-refractivity contribution in [3.8, 4) is 5.75 Å². The second kappa shape index (κ2) is 7.89. The maximum Gasteiger partial charge on any atom is 0.333 e. The van der Waals surface area contributed by atoms with E-state index in [2.05, 4.69) is 28.6 Å². The van der Waals surface area contributed by atoms with Crippen molar-refractivity contribution in [1.82, 2.24) is 0 Å². The van der Waals surface area contributed by atoms with E-state index >= 15 is 0 Å². The molecule has 0 heterocycles. The van der Waals surface area contributed by atoms with Crippen LogP contribution in [0.15, 0.2) is 65.2 Å². The molecule has 4 nitrogen and oxygen atoms in total. The molecule has 0 saturated heterocycles. The Bertz CT molecular complexity index is 980. The van der Waals surface area contributed by atoms with Gasteiger partial charge in [0.15, 0.2) is 6.10 Å². The summed E-state index contributed by atoms with van der Waals surface area (Å²) in [5.74, 6) is 0.145. The van der Waals surface area contributed by atoms with Gasteiger partial charge >= 0.3 is 5.97 Å². The lowest BCUT2D eigenvalue weighted by Crippen LogP contribution is -2.28. The van der Waals surface area contributed by atoms with Crippen LogP contribution in [0.5, 0.6) is 5.75 Å². The summed E-state index contributed by atoms with van der Waals surface area (Å²) in [5, 5.41) is 13.5. The summed E-state index contributed by atoms with van der Waals surface area (Å²) in [6.07, 6.45) is -0.768. The fourth-order valence-corrected chi connectivity index (χ4v) is 3.30. The maximum absolute atomic E-state index is 11.7. The van der Waals surface area contributed by atoms with Crippen LogP contribution in [0.25, 0.3) is 21.5 Å². The average Bonchev–Trinajstić information content (AvgIpc) is 2.64. The van der Waals surface area contributed by atoms with Crippen molar-refractivity contribution in [1.29, 1.82) is 0 Å². The number of halogens is 1. The first-order valence-corrected chi connectivity index (χ1v) is 9.00. The summed E-state index contributed by atoms with van der Waals surface area (Å²) >= 11 is 3.59. The minimum Gasteiger partial charge on any atom is -0.488 e. The van der Waals surface area contributed by atoms with Crippen LogP contribution in [0.1, 0.15) is 6.92 Å². The predicted octanol–water partition coefficient (Wildman–Crippen LogP) is 4.61. The third kappa shape index (κ3) is 3.74. The number of aliphatic hydroxyl groups is 1. The van der Waals surface area contributed by atoms with Crippen molar-refractivity contribution >= 4 is 43.4 Å². The summed E-state index contributed by atoms with van der Waals surface area (Å²) in [6.45, 7) is 4.82. The number of carbonyl (C=O) groups is 1. The van der Waals surface area contributed by atoms with E-state index < -0.39 is 12.1 Å². The number of rotatable bonds is 6. The first kappa shape index (κ1) is 18.4. The molecule has 0 aliphatic rings. The Labute approximate surface area is 160 Å². The Morgan fingerprint density at radius 1 is 1.19 bits per heavy atom. The molecule has 134 valence electrons. The molecule has 26 heavy (non-hydrogen) atoms. The zero-order valence-electron chi connectivity index (χ0n) is 14.4. The SMILES string of the molecule is C=C(C)C(=O)OC(CO)COc1c2ccccc2cc2cccc(Br)c12. The monoisotopic (exact) mass is 414 g/mol. The highest BCUT2D eigenvalue weighted by Gasteiger charge is 2.17. The third-order valence-corrected chi connectivity index (χ3v) is 4.69. The highest BCUT2D eigenvalue weighted by atomic mass is 79.9. The molecule has 3 rings (SSSR count). The average molecular weight is 415 g/mol. The van der Waals surface area contributed by atoms with Crippen LogP contribution < -0.4 is 4.74 Å². The fraction of sp³-hybridized carbons (Fsp3) is 0.190. The number of aliphatic hydroxyl groups excluding tert-OH is 1. The van der Waals surface area contributed by atoms with E-state index in [0.717, 1.165) is 26.0 Å². The summed E-state index contributed by atoms with van der Waals surface area (Å²) < 4.78 is 12.2. The molecular formula is C21H19BrO4. The van der Waals surface area contributed by atoms with Crippen LogP contribution in [-0.2, 0) is 9.53 Å². The molecule has 0 aromatic heterocycles. The number of fused-ring (bicyclic) bond motifs is 2. The molecule has 1 atom stereocenters. The fourth-order valence-electron chi connectivity index (χ4n) is 2.73. The number of carbonyl (C=O) groups excluding carboxylic acids is 1. The summed E-state index contributed by atoms with van der Waals surface area (Å²) in [6, 6.07) is 16.0. The lowest BCUT2D eigenvalue weighted by atomic mass is 10.0. The minimum absolute atomic E-state index is 0.0416. The molecule has 3 aromatic carbocycles. The van der Waals surface area contributed by atoms with Gasteiger partial charge in [0, 0.05) is 20.8 Å². The standard InChI is InChI=1S/C21H19BrO4/c1-13(2)21(24)26-16(11-23)12-25-20-17-8-4-3-6-14(17)10-15-7-5-9-18(22)19(15)20/h3-10,16,23H,1,11-12H2,2H3. The van der Waals surface area contributed by atoms with Crippen LogP contribution in [0.4, 0.5) is 0 Å². The van der Waals surface area contributed by atoms with Crippen molar-refractivity contribution in [2.75, 3.05) is 13.2 Å². The third-order valence-electron chi connectivity index (χ3n) is 4.03. The van der Waals surface area contributed by atoms with E-state index in [4.69, 9.17) is 9.47 Å². The zero-order valence-corrected chi connectivity index (χ0v) is 16.0. The van der Waals surface area contributed by atoms with Gasteiger partial charge in [-0.1, -0.05) is 58.9 Å².